The Morgan fingerprint density at radius 1 is 1.14 bits per heavy atom. The number of hydrogen-bond donors (Lipinski definition) is 0. The van der Waals surface area contributed by atoms with Crippen LogP contribution in [-0.2, 0) is 16.0 Å². The van der Waals surface area contributed by atoms with E-state index < -0.39 is 11.9 Å². The zero-order chi connectivity index (χ0) is 20.7. The fourth-order valence-corrected chi connectivity index (χ4v) is 3.73. The summed E-state index contributed by atoms with van der Waals surface area (Å²) >= 11 is 0. The molecular weight excluding hydrogens is 375 g/mol. The molecule has 0 atom stereocenters. The summed E-state index contributed by atoms with van der Waals surface area (Å²) in [6.07, 6.45) is 3.29. The highest BCUT2D eigenvalue weighted by atomic mass is 19.1. The Hall–Kier alpha value is -3.61. The van der Waals surface area contributed by atoms with Gasteiger partial charge in [0.2, 0.25) is 0 Å². The first-order valence-corrected chi connectivity index (χ1v) is 9.13. The largest absolute Gasteiger partial charge is 0.464 e. The number of esters is 2. The zero-order valence-corrected chi connectivity index (χ0v) is 16.1. The number of carbonyl (C=O) groups is 2. The van der Waals surface area contributed by atoms with Gasteiger partial charge in [0.05, 0.1) is 30.3 Å². The van der Waals surface area contributed by atoms with Crippen molar-refractivity contribution in [1.82, 2.24) is 8.97 Å². The summed E-state index contributed by atoms with van der Waals surface area (Å²) < 4.78 is 27.6. The molecule has 6 nitrogen and oxygen atoms in total. The highest BCUT2D eigenvalue weighted by Crippen LogP contribution is 2.34. The molecule has 0 aliphatic rings. The van der Waals surface area contributed by atoms with Crippen LogP contribution in [0.1, 0.15) is 27.8 Å². The minimum absolute atomic E-state index is 0.229. The molecule has 0 saturated carbocycles. The number of benzene rings is 1. The number of allylic oxidation sites excluding steroid dienone is 1. The van der Waals surface area contributed by atoms with Gasteiger partial charge in [-0.25, -0.2) is 14.0 Å². The third kappa shape index (κ3) is 2.86. The lowest BCUT2D eigenvalue weighted by Gasteiger charge is -2.08. The minimum Gasteiger partial charge on any atom is -0.464 e. The first-order valence-electron chi connectivity index (χ1n) is 9.13. The topological polar surface area (TPSA) is 61.9 Å². The molecule has 0 N–H and O–H groups in total. The molecule has 0 radical (unpaired) electrons. The van der Waals surface area contributed by atoms with Crippen LogP contribution in [-0.4, -0.2) is 34.6 Å². The Labute approximate surface area is 165 Å². The Morgan fingerprint density at radius 2 is 1.93 bits per heavy atom. The maximum atomic E-state index is 14.0. The van der Waals surface area contributed by atoms with Gasteiger partial charge in [-0.15, -0.1) is 6.58 Å². The van der Waals surface area contributed by atoms with E-state index in [-0.39, 0.29) is 18.1 Å². The van der Waals surface area contributed by atoms with Crippen molar-refractivity contribution in [2.45, 2.75) is 13.5 Å². The van der Waals surface area contributed by atoms with Crippen molar-refractivity contribution < 1.29 is 23.5 Å². The van der Waals surface area contributed by atoms with Gasteiger partial charge in [-0.05, 0) is 37.3 Å². The van der Waals surface area contributed by atoms with Crippen LogP contribution in [0, 0.1) is 5.82 Å². The fraction of sp³-hybridized carbons (Fsp3) is 0.182. The number of aromatic nitrogens is 2. The van der Waals surface area contributed by atoms with Crippen molar-refractivity contribution in [3.63, 3.8) is 0 Å². The second-order valence-corrected chi connectivity index (χ2v) is 6.55. The summed E-state index contributed by atoms with van der Waals surface area (Å²) in [5, 5.41) is 1.34. The quantitative estimate of drug-likeness (QED) is 0.373. The van der Waals surface area contributed by atoms with Crippen molar-refractivity contribution >= 4 is 39.3 Å². The third-order valence-corrected chi connectivity index (χ3v) is 4.89. The first-order chi connectivity index (χ1) is 14.0. The van der Waals surface area contributed by atoms with Crippen LogP contribution in [0.25, 0.3) is 27.3 Å². The molecule has 3 aromatic heterocycles. The smallest absolute Gasteiger partial charge is 0.355 e. The zero-order valence-electron chi connectivity index (χ0n) is 16.1. The van der Waals surface area contributed by atoms with Crippen LogP contribution in [0.4, 0.5) is 4.39 Å². The molecule has 148 valence electrons. The lowest BCUT2D eigenvalue weighted by molar-refractivity contribution is 0.0524. The van der Waals surface area contributed by atoms with Gasteiger partial charge in [-0.1, -0.05) is 6.08 Å². The molecule has 0 fully saturated rings. The van der Waals surface area contributed by atoms with E-state index in [9.17, 15) is 14.0 Å². The van der Waals surface area contributed by atoms with Crippen molar-refractivity contribution in [3.8, 4) is 0 Å². The molecule has 4 rings (SSSR count). The Bertz CT molecular complexity index is 1300. The van der Waals surface area contributed by atoms with Gasteiger partial charge in [0.1, 0.15) is 11.5 Å². The highest BCUT2D eigenvalue weighted by molar-refractivity contribution is 6.15. The van der Waals surface area contributed by atoms with Crippen molar-refractivity contribution in [2.24, 2.45) is 0 Å². The summed E-state index contributed by atoms with van der Waals surface area (Å²) in [5.74, 6) is -1.43. The normalized spacial score (nSPS) is 11.3. The molecule has 1 aromatic carbocycles. The van der Waals surface area contributed by atoms with E-state index in [1.54, 1.807) is 41.8 Å². The van der Waals surface area contributed by atoms with E-state index in [2.05, 4.69) is 6.58 Å². The van der Waals surface area contributed by atoms with E-state index in [4.69, 9.17) is 9.47 Å². The van der Waals surface area contributed by atoms with Gasteiger partial charge < -0.3 is 18.4 Å². The number of pyridine rings is 1. The van der Waals surface area contributed by atoms with Gasteiger partial charge in [-0.2, -0.15) is 0 Å². The molecule has 0 bridgehead atoms. The summed E-state index contributed by atoms with van der Waals surface area (Å²) in [7, 11) is 1.29. The van der Waals surface area contributed by atoms with Crippen molar-refractivity contribution in [3.05, 3.63) is 66.3 Å². The summed E-state index contributed by atoms with van der Waals surface area (Å²) in [6.45, 7) is 6.25. The highest BCUT2D eigenvalue weighted by Gasteiger charge is 2.22. The second-order valence-electron chi connectivity index (χ2n) is 6.55. The van der Waals surface area contributed by atoms with Crippen LogP contribution in [0.2, 0.25) is 0 Å². The molecular formula is C22H19FN2O4. The lowest BCUT2D eigenvalue weighted by atomic mass is 10.1. The van der Waals surface area contributed by atoms with Gasteiger partial charge >= 0.3 is 11.9 Å². The molecule has 0 aliphatic carbocycles. The monoisotopic (exact) mass is 394 g/mol. The summed E-state index contributed by atoms with van der Waals surface area (Å²) in [4.78, 5) is 24.8. The molecule has 4 aromatic rings. The third-order valence-electron chi connectivity index (χ3n) is 4.89. The molecule has 0 unspecified atom stereocenters. The Morgan fingerprint density at radius 3 is 2.62 bits per heavy atom. The second kappa shape index (κ2) is 7.09. The van der Waals surface area contributed by atoms with Crippen LogP contribution in [0.3, 0.4) is 0 Å². The predicted molar refractivity (Wildman–Crippen MR) is 108 cm³/mol. The van der Waals surface area contributed by atoms with E-state index in [1.807, 2.05) is 4.57 Å². The Balaban J connectivity index is 2.19. The van der Waals surface area contributed by atoms with Gasteiger partial charge in [0.15, 0.2) is 0 Å². The number of carbonyl (C=O) groups excluding carboxylic acids is 2. The number of methoxy groups -OCH3 is 1. The number of rotatable bonds is 5. The van der Waals surface area contributed by atoms with E-state index >= 15 is 0 Å². The summed E-state index contributed by atoms with van der Waals surface area (Å²) in [5.41, 5.74) is 2.71. The number of nitrogens with zero attached hydrogens (tertiary/aromatic N) is 2. The summed E-state index contributed by atoms with van der Waals surface area (Å²) in [6, 6.07) is 7.84. The van der Waals surface area contributed by atoms with Gasteiger partial charge in [-0.3, -0.25) is 0 Å². The SMILES string of the molecule is C=CCn1c2ccc(F)cc2c2cc(C(=O)OC)n3cc(C(=O)OCC)cc3c21. The first kappa shape index (κ1) is 18.7. The number of fused-ring (bicyclic) bond motifs is 5. The maximum absolute atomic E-state index is 14.0. The van der Waals surface area contributed by atoms with E-state index in [1.165, 1.54) is 19.2 Å². The molecule has 3 heterocycles. The molecule has 29 heavy (non-hydrogen) atoms. The van der Waals surface area contributed by atoms with E-state index in [0.29, 0.717) is 28.4 Å². The fourth-order valence-electron chi connectivity index (χ4n) is 3.73. The molecule has 0 saturated heterocycles. The molecule has 0 aliphatic heterocycles. The molecule has 0 amide bonds. The van der Waals surface area contributed by atoms with Crippen LogP contribution in [0.5, 0.6) is 0 Å². The number of hydrogen-bond acceptors (Lipinski definition) is 4. The molecule has 0 spiro atoms. The van der Waals surface area contributed by atoms with Gasteiger partial charge in [0, 0.05) is 29.0 Å². The van der Waals surface area contributed by atoms with Crippen molar-refractivity contribution in [1.29, 1.82) is 0 Å². The number of ether oxygens (including phenoxy) is 2. The average molecular weight is 394 g/mol. The van der Waals surface area contributed by atoms with Crippen molar-refractivity contribution in [2.75, 3.05) is 13.7 Å². The number of halogens is 1. The predicted octanol–water partition coefficient (Wildman–Crippen LogP) is 4.34. The van der Waals surface area contributed by atoms with Crippen LogP contribution < -0.4 is 0 Å². The van der Waals surface area contributed by atoms with Crippen LogP contribution in [0.15, 0.2) is 49.2 Å². The maximum Gasteiger partial charge on any atom is 0.355 e. The lowest BCUT2D eigenvalue weighted by Crippen LogP contribution is -2.08. The standard InChI is InChI=1S/C22H19FN2O4/c1-4-8-24-17-7-6-14(23)10-15(17)16-11-19(22(27)28-3)25-12-13(21(26)29-5-2)9-18(25)20(16)24/h4,6-7,9-12H,1,5,8H2,2-3H3. The average Bonchev–Trinajstić information content (AvgIpc) is 3.27. The molecule has 7 heteroatoms. The van der Waals surface area contributed by atoms with E-state index in [0.717, 1.165) is 11.0 Å². The minimum atomic E-state index is -0.566. The van der Waals surface area contributed by atoms with Crippen LogP contribution >= 0.6 is 0 Å². The van der Waals surface area contributed by atoms with Gasteiger partial charge in [0.25, 0.3) is 0 Å². The Kier molecular flexibility index (Phi) is 4.58.